The third-order valence-corrected chi connectivity index (χ3v) is 4.94. The van der Waals surface area contributed by atoms with E-state index in [1.165, 1.54) is 0 Å². The number of aromatic nitrogens is 3. The third kappa shape index (κ3) is 3.96. The summed E-state index contributed by atoms with van der Waals surface area (Å²) in [6.45, 7) is 1.13. The van der Waals surface area contributed by atoms with Gasteiger partial charge in [-0.15, -0.1) is 0 Å². The van der Waals surface area contributed by atoms with Crippen molar-refractivity contribution in [1.82, 2.24) is 19.3 Å². The van der Waals surface area contributed by atoms with E-state index in [2.05, 4.69) is 10.3 Å². The van der Waals surface area contributed by atoms with Crippen molar-refractivity contribution < 1.29 is 14.3 Å². The Hall–Kier alpha value is -3.87. The molecular weight excluding hydrogens is 380 g/mol. The summed E-state index contributed by atoms with van der Waals surface area (Å²) in [5, 5.41) is 2.74. The maximum absolute atomic E-state index is 13.1. The molecule has 3 aromatic heterocycles. The molecule has 0 fully saturated rings. The van der Waals surface area contributed by atoms with Crippen LogP contribution in [0.15, 0.2) is 73.4 Å². The summed E-state index contributed by atoms with van der Waals surface area (Å²) in [7, 11) is 1.60. The molecule has 1 amide bonds. The Bertz CT molecular complexity index is 1160. The highest BCUT2D eigenvalue weighted by atomic mass is 16.5. The van der Waals surface area contributed by atoms with Gasteiger partial charge in [0.15, 0.2) is 0 Å². The first kappa shape index (κ1) is 19.4. The van der Waals surface area contributed by atoms with Crippen LogP contribution < -0.4 is 10.1 Å². The molecule has 0 saturated carbocycles. The monoisotopic (exact) mass is 402 g/mol. The summed E-state index contributed by atoms with van der Waals surface area (Å²) in [5.41, 5.74) is 2.75. The predicted molar refractivity (Wildman–Crippen MR) is 114 cm³/mol. The Labute approximate surface area is 173 Å². The Balaban J connectivity index is 1.56. The molecule has 0 aliphatic rings. The molecule has 0 atom stereocenters. The molecule has 7 nitrogen and oxygen atoms in total. The first-order valence-corrected chi connectivity index (χ1v) is 9.70. The fourth-order valence-corrected chi connectivity index (χ4v) is 3.42. The average Bonchev–Trinajstić information content (AvgIpc) is 3.44. The zero-order valence-electron chi connectivity index (χ0n) is 16.6. The second-order valence-electron chi connectivity index (χ2n) is 6.87. The number of hydrogen-bond acceptors (Lipinski definition) is 4. The fraction of sp³-hybridized carbons (Fsp3) is 0.174. The summed E-state index contributed by atoms with van der Waals surface area (Å²) < 4.78 is 8.90. The molecule has 0 aliphatic carbocycles. The van der Waals surface area contributed by atoms with Gasteiger partial charge in [0.25, 0.3) is 11.7 Å². The van der Waals surface area contributed by atoms with Crippen molar-refractivity contribution in [2.24, 2.45) is 0 Å². The predicted octanol–water partition coefficient (Wildman–Crippen LogP) is 3.20. The fourth-order valence-electron chi connectivity index (χ4n) is 3.42. The number of hydrogen-bond donors (Lipinski definition) is 1. The van der Waals surface area contributed by atoms with Crippen LogP contribution in [-0.2, 0) is 11.3 Å². The SMILES string of the molecule is COc1ccc(-c2cc3ccccn3c2C(=O)C(=O)NCCCn2ccnc2)cc1. The van der Waals surface area contributed by atoms with Gasteiger partial charge in [0.05, 0.1) is 13.4 Å². The van der Waals surface area contributed by atoms with Crippen LogP contribution in [0.2, 0.25) is 0 Å². The molecule has 4 rings (SSSR count). The van der Waals surface area contributed by atoms with Crippen molar-refractivity contribution in [2.45, 2.75) is 13.0 Å². The molecule has 1 N–H and O–H groups in total. The molecule has 4 aromatic rings. The Morgan fingerprint density at radius 1 is 1.10 bits per heavy atom. The van der Waals surface area contributed by atoms with E-state index < -0.39 is 11.7 Å². The van der Waals surface area contributed by atoms with Gasteiger partial charge in [-0.25, -0.2) is 4.98 Å². The summed E-state index contributed by atoms with van der Waals surface area (Å²) in [6, 6.07) is 15.0. The largest absolute Gasteiger partial charge is 0.497 e. The minimum absolute atomic E-state index is 0.350. The molecular formula is C23H22N4O3. The van der Waals surface area contributed by atoms with Crippen LogP contribution in [0, 0.1) is 0 Å². The molecule has 0 aliphatic heterocycles. The summed E-state index contributed by atoms with van der Waals surface area (Å²) in [4.78, 5) is 29.7. The van der Waals surface area contributed by atoms with E-state index in [0.717, 1.165) is 23.4 Å². The number of amides is 1. The van der Waals surface area contributed by atoms with E-state index in [1.807, 2.05) is 59.3 Å². The van der Waals surface area contributed by atoms with Crippen LogP contribution in [0.1, 0.15) is 16.9 Å². The van der Waals surface area contributed by atoms with Gasteiger partial charge in [-0.05, 0) is 42.3 Å². The molecule has 7 heteroatoms. The van der Waals surface area contributed by atoms with Crippen molar-refractivity contribution in [1.29, 1.82) is 0 Å². The molecule has 1 aromatic carbocycles. The maximum atomic E-state index is 13.1. The lowest BCUT2D eigenvalue weighted by Gasteiger charge is -2.08. The highest BCUT2D eigenvalue weighted by Gasteiger charge is 2.24. The Morgan fingerprint density at radius 3 is 2.67 bits per heavy atom. The second kappa shape index (κ2) is 8.65. The normalized spacial score (nSPS) is 10.8. The first-order valence-electron chi connectivity index (χ1n) is 9.70. The number of methoxy groups -OCH3 is 1. The van der Waals surface area contributed by atoms with Gasteiger partial charge in [-0.3, -0.25) is 9.59 Å². The standard InChI is InChI=1S/C23H22N4O3/c1-30-19-8-6-17(7-9-19)20-15-18-5-2-3-13-27(18)21(20)22(28)23(29)25-10-4-12-26-14-11-24-16-26/h2-3,5-9,11,13-16H,4,10,12H2,1H3,(H,25,29). The van der Waals surface area contributed by atoms with Crippen molar-refractivity contribution in [3.05, 3.63) is 79.1 Å². The lowest BCUT2D eigenvalue weighted by molar-refractivity contribution is -0.117. The number of nitrogens with one attached hydrogen (secondary N) is 1. The van der Waals surface area contributed by atoms with E-state index in [1.54, 1.807) is 30.2 Å². The van der Waals surface area contributed by atoms with Gasteiger partial charge < -0.3 is 19.0 Å². The van der Waals surface area contributed by atoms with E-state index >= 15 is 0 Å². The van der Waals surface area contributed by atoms with Crippen LogP contribution in [0.5, 0.6) is 5.75 Å². The highest BCUT2D eigenvalue weighted by Crippen LogP contribution is 2.29. The van der Waals surface area contributed by atoms with Gasteiger partial charge in [-0.1, -0.05) is 18.2 Å². The Morgan fingerprint density at radius 2 is 1.93 bits per heavy atom. The molecule has 0 saturated heterocycles. The van der Waals surface area contributed by atoms with Crippen molar-refractivity contribution in [2.75, 3.05) is 13.7 Å². The van der Waals surface area contributed by atoms with Gasteiger partial charge >= 0.3 is 0 Å². The summed E-state index contributed by atoms with van der Waals surface area (Å²) >= 11 is 0. The number of carbonyl (C=O) groups is 2. The van der Waals surface area contributed by atoms with Crippen LogP contribution in [0.25, 0.3) is 16.6 Å². The van der Waals surface area contributed by atoms with Crippen LogP contribution in [0.3, 0.4) is 0 Å². The van der Waals surface area contributed by atoms with Crippen LogP contribution in [0.4, 0.5) is 0 Å². The zero-order valence-corrected chi connectivity index (χ0v) is 16.6. The van der Waals surface area contributed by atoms with Gasteiger partial charge in [-0.2, -0.15) is 0 Å². The molecule has 0 spiro atoms. The zero-order chi connectivity index (χ0) is 20.9. The summed E-state index contributed by atoms with van der Waals surface area (Å²) in [5.74, 6) is -0.445. The third-order valence-electron chi connectivity index (χ3n) is 4.94. The number of pyridine rings is 1. The second-order valence-corrected chi connectivity index (χ2v) is 6.87. The quantitative estimate of drug-likeness (QED) is 0.279. The highest BCUT2D eigenvalue weighted by molar-refractivity contribution is 6.43. The van der Waals surface area contributed by atoms with Gasteiger partial charge in [0.1, 0.15) is 11.4 Å². The molecule has 3 heterocycles. The number of fused-ring (bicyclic) bond motifs is 1. The number of benzene rings is 1. The molecule has 30 heavy (non-hydrogen) atoms. The number of ketones is 1. The minimum Gasteiger partial charge on any atom is -0.497 e. The van der Waals surface area contributed by atoms with Crippen molar-refractivity contribution in [3.63, 3.8) is 0 Å². The number of ether oxygens (including phenoxy) is 1. The van der Waals surface area contributed by atoms with E-state index in [-0.39, 0.29) is 0 Å². The molecule has 0 unspecified atom stereocenters. The van der Waals surface area contributed by atoms with Crippen LogP contribution in [-0.4, -0.2) is 39.3 Å². The number of nitrogens with zero attached hydrogens (tertiary/aromatic N) is 3. The van der Waals surface area contributed by atoms with Gasteiger partial charge in [0, 0.05) is 42.8 Å². The summed E-state index contributed by atoms with van der Waals surface area (Å²) in [6.07, 6.45) is 7.79. The lowest BCUT2D eigenvalue weighted by Crippen LogP contribution is -2.33. The number of rotatable bonds is 8. The molecule has 0 bridgehead atoms. The smallest absolute Gasteiger partial charge is 0.294 e. The Kier molecular flexibility index (Phi) is 5.61. The average molecular weight is 402 g/mol. The number of carbonyl (C=O) groups excluding carboxylic acids is 2. The number of aryl methyl sites for hydroxylation is 1. The van der Waals surface area contributed by atoms with Crippen LogP contribution >= 0.6 is 0 Å². The van der Waals surface area contributed by atoms with E-state index in [4.69, 9.17) is 4.74 Å². The molecule has 152 valence electrons. The minimum atomic E-state index is -0.612. The first-order chi connectivity index (χ1) is 14.7. The van der Waals surface area contributed by atoms with Crippen molar-refractivity contribution >= 4 is 17.2 Å². The number of Topliss-reactive ketones (excluding diaryl/α,β-unsaturated/α-hetero) is 1. The molecule has 0 radical (unpaired) electrons. The van der Waals surface area contributed by atoms with E-state index in [9.17, 15) is 9.59 Å². The topological polar surface area (TPSA) is 77.6 Å². The lowest BCUT2D eigenvalue weighted by atomic mass is 10.0. The maximum Gasteiger partial charge on any atom is 0.294 e. The van der Waals surface area contributed by atoms with E-state index in [0.29, 0.717) is 24.2 Å². The van der Waals surface area contributed by atoms with Gasteiger partial charge in [0.2, 0.25) is 0 Å². The number of imidazole rings is 1. The van der Waals surface area contributed by atoms with Crippen molar-refractivity contribution in [3.8, 4) is 16.9 Å².